The lowest BCUT2D eigenvalue weighted by molar-refractivity contribution is -0.145. The van der Waals surface area contributed by atoms with Crippen LogP contribution in [0.4, 0.5) is 0 Å². The van der Waals surface area contributed by atoms with Gasteiger partial charge in [0.1, 0.15) is 77.4 Å². The van der Waals surface area contributed by atoms with Gasteiger partial charge in [-0.15, -0.1) is 0 Å². The molecule has 6 heterocycles. The quantitative estimate of drug-likeness (QED) is 0.0114. The maximum Gasteiger partial charge on any atom is 0.326 e. The van der Waals surface area contributed by atoms with Crippen molar-refractivity contribution >= 4 is 138 Å². The summed E-state index contributed by atoms with van der Waals surface area (Å²) >= 11 is 6.86. The number of carbonyl (C=O) groups is 16. The molecule has 0 unspecified atom stereocenters. The second-order valence-corrected chi connectivity index (χ2v) is 38.6. The Balaban J connectivity index is 0.875. The Morgan fingerprint density at radius 1 is 0.541 bits per heavy atom. The summed E-state index contributed by atoms with van der Waals surface area (Å²) in [6.07, 6.45) is 10.5. The number of rotatable bonds is 49. The lowest BCUT2D eigenvalue weighted by Crippen LogP contribution is -2.63. The van der Waals surface area contributed by atoms with Crippen molar-refractivity contribution in [2.75, 3.05) is 52.4 Å². The number of primary amides is 1. The van der Waals surface area contributed by atoms with Crippen LogP contribution in [0.2, 0.25) is 0 Å². The van der Waals surface area contributed by atoms with Crippen molar-refractivity contribution in [1.82, 2.24) is 109 Å². The van der Waals surface area contributed by atoms with E-state index in [0.717, 1.165) is 27.5 Å². The van der Waals surface area contributed by atoms with Crippen LogP contribution in [0.3, 0.4) is 0 Å². The number of guanidine groups is 2. The molecule has 25 N–H and O–H groups in total. The standard InChI is InChI=1S/C90H132Br2N26O17/c1-50(2)39-62(109-74(122)59(14-9-32-102-87(94)95)107-78(126)68-17-11-37-116(68)81(129)61(15-10-33-103-88(96)97)108-75(123)60(27-28-71(93)119)113-85(134)89(3,4)84(133)101-36-31-57-45-99-48-105-57)77(125)115-90(5,6)86(135)114-64(44-58-46-100-49-106-58)76(124)110-63(40-53-29-34-98-35-30-53)73(121)104-47-72(120)118-67-16-8-7-13-54(67)43-70(118)80(128)111-65(41-51-19-23-55(91)24-20-51)82(130)117-38-12-18-69(117)79(127)112-66(83(131)132)42-52-21-25-56(92)26-22-52/h19-26,45-46,48-50,53-54,59-70,98H,7-18,27-44,47H2,1-6H3,(H2,93,119)(H,99,105)(H,100,106)(H,101,133)(H,104,121)(H,107,126)(H,108,123)(H,109,122)(H,110,124)(H,111,128)(H,112,127)(H,113,134)(H,114,135)(H,115,125)(H,131,132)(H4,94,95,102)(H4,96,97,103)/t54-,59-,60-,61+,62-,63-,64-,65-,66+,67-,68-,69-,70-/m0/s1. The number of amides is 15. The first-order valence-electron chi connectivity index (χ1n) is 46.2. The molecular formula is C90H132Br2N26O17. The first-order chi connectivity index (χ1) is 64.2. The minimum Gasteiger partial charge on any atom is -0.480 e. The molecule has 0 radical (unpaired) electrons. The van der Waals surface area contributed by atoms with Crippen LogP contribution in [0.1, 0.15) is 186 Å². The zero-order chi connectivity index (χ0) is 98.4. The van der Waals surface area contributed by atoms with Gasteiger partial charge in [0.15, 0.2) is 11.9 Å². The van der Waals surface area contributed by atoms with E-state index in [4.69, 9.17) is 28.0 Å². The van der Waals surface area contributed by atoms with Crippen LogP contribution in [0.5, 0.6) is 0 Å². The van der Waals surface area contributed by atoms with Gasteiger partial charge in [-0.1, -0.05) is 82.8 Å². The number of fused-ring (bicyclic) bond motifs is 1. The number of likely N-dealkylation sites (tertiary alicyclic amines) is 3. The second-order valence-electron chi connectivity index (χ2n) is 36.8. The predicted octanol–water partition coefficient (Wildman–Crippen LogP) is -0.586. The number of imidazole rings is 2. The smallest absolute Gasteiger partial charge is 0.326 e. The van der Waals surface area contributed by atoms with Gasteiger partial charge in [0.05, 0.1) is 24.9 Å². The minimum absolute atomic E-state index is 0.0163. The molecule has 13 atom stereocenters. The van der Waals surface area contributed by atoms with E-state index in [0.29, 0.717) is 68.4 Å². The molecule has 4 saturated heterocycles. The van der Waals surface area contributed by atoms with Gasteiger partial charge in [0, 0.05) is 97.9 Å². The molecule has 0 spiro atoms. The predicted molar refractivity (Wildman–Crippen MR) is 502 cm³/mol. The molecule has 738 valence electrons. The fraction of sp³-hybridized carbons (Fsp3) is 0.600. The first-order valence-corrected chi connectivity index (χ1v) is 47.8. The lowest BCUT2D eigenvalue weighted by atomic mass is 9.84. The van der Waals surface area contributed by atoms with Crippen molar-refractivity contribution in [3.8, 4) is 0 Å². The van der Waals surface area contributed by atoms with Gasteiger partial charge in [-0.05, 0) is 197 Å². The number of piperidine rings is 1. The van der Waals surface area contributed by atoms with Crippen LogP contribution in [-0.2, 0) is 102 Å². The van der Waals surface area contributed by atoms with E-state index in [2.05, 4.69) is 126 Å². The molecule has 2 aromatic carbocycles. The number of nitrogens with one attached hydrogen (secondary N) is 18. The number of aliphatic carboxylic acids is 1. The van der Waals surface area contributed by atoms with Crippen LogP contribution in [0.25, 0.3) is 0 Å². The highest BCUT2D eigenvalue weighted by Crippen LogP contribution is 2.40. The number of aromatic nitrogens is 4. The molecule has 2 aromatic heterocycles. The zero-order valence-corrected chi connectivity index (χ0v) is 80.4. The largest absolute Gasteiger partial charge is 0.480 e. The molecule has 0 bridgehead atoms. The summed E-state index contributed by atoms with van der Waals surface area (Å²) in [7, 11) is 0. The minimum atomic E-state index is -1.89. The van der Waals surface area contributed by atoms with Gasteiger partial charge in [-0.25, -0.2) is 14.8 Å². The molecule has 1 saturated carbocycles. The number of carbonyl (C=O) groups excluding carboxylic acids is 15. The number of hydrogen-bond donors (Lipinski definition) is 22. The number of nitrogens with zero attached hydrogens (tertiary/aromatic N) is 5. The molecule has 43 nitrogen and oxygen atoms in total. The molecule has 4 aromatic rings. The first kappa shape index (κ1) is 107. The SMILES string of the molecule is CC(C)C[C@H](NC(=O)[C@H](CCCNC(=N)N)NC(=O)[C@@H]1CCCN1C(=O)[C@@H](CCCNC(=N)N)NC(=O)[C@H](CCC(N)=O)NC(=O)C(C)(C)C(=O)NCCc1cnc[nH]1)C(=O)NC(C)(C)C(=O)N[C@@H](Cc1c[nH]cn1)C(=O)N[C@@H](CC1CCNCC1)C(=O)NCC(=O)N1[C@H](C(=O)N[C@@H](Cc2ccc(Br)cc2)C(=O)N2CCC[C@H]2C(=O)N[C@H](Cc2ccc(Br)cc2)C(=O)O)C[C@@H]2CCCC[C@@H]21. The molecule has 9 rings (SSSR count). The molecule has 1 aliphatic carbocycles. The Kier molecular flexibility index (Phi) is 40.2. The van der Waals surface area contributed by atoms with Crippen LogP contribution >= 0.6 is 31.9 Å². The van der Waals surface area contributed by atoms with E-state index >= 15 is 19.2 Å². The summed E-state index contributed by atoms with van der Waals surface area (Å²) in [4.78, 5) is 249. The average Bonchev–Trinajstić information content (AvgIpc) is 1.63. The van der Waals surface area contributed by atoms with E-state index in [-0.39, 0.29) is 152 Å². The Morgan fingerprint density at radius 2 is 1.07 bits per heavy atom. The number of hydrogen-bond acceptors (Lipinski definition) is 21. The molecule has 5 fully saturated rings. The maximum atomic E-state index is 15.2. The van der Waals surface area contributed by atoms with Gasteiger partial charge >= 0.3 is 5.97 Å². The lowest BCUT2D eigenvalue weighted by Gasteiger charge is -2.35. The molecular weight excluding hydrogens is 1880 g/mol. The number of H-pyrrole nitrogens is 2. The van der Waals surface area contributed by atoms with Crippen LogP contribution < -0.4 is 91.6 Å². The summed E-state index contributed by atoms with van der Waals surface area (Å²) in [5.74, 6) is -14.2. The van der Waals surface area contributed by atoms with E-state index in [1.807, 2.05) is 0 Å². The Bertz CT molecular complexity index is 4810. The van der Waals surface area contributed by atoms with Crippen molar-refractivity contribution in [1.29, 1.82) is 10.8 Å². The topological polar surface area (TPSA) is 655 Å². The van der Waals surface area contributed by atoms with Gasteiger partial charge in [0.25, 0.3) is 0 Å². The average molecular weight is 2010 g/mol. The third kappa shape index (κ3) is 32.0. The number of nitrogens with two attached hydrogens (primary N) is 3. The summed E-state index contributed by atoms with van der Waals surface area (Å²) in [5.41, 5.74) is 15.4. The van der Waals surface area contributed by atoms with Crippen molar-refractivity contribution in [2.24, 2.45) is 40.4 Å². The molecule has 135 heavy (non-hydrogen) atoms. The molecule has 5 aliphatic rings. The summed E-state index contributed by atoms with van der Waals surface area (Å²) < 4.78 is 1.54. The summed E-state index contributed by atoms with van der Waals surface area (Å²) in [6.45, 7) is 9.89. The van der Waals surface area contributed by atoms with Crippen molar-refractivity contribution in [2.45, 2.75) is 267 Å². The fourth-order valence-electron chi connectivity index (χ4n) is 17.7. The molecule has 4 aliphatic heterocycles. The number of aromatic amines is 2. The summed E-state index contributed by atoms with van der Waals surface area (Å²) in [6, 6.07) is -0.933. The monoisotopic (exact) mass is 2010 g/mol. The normalized spacial score (nSPS) is 19.0. The Labute approximate surface area is 800 Å². The summed E-state index contributed by atoms with van der Waals surface area (Å²) in [5, 5.41) is 64.6. The van der Waals surface area contributed by atoms with E-state index in [1.54, 1.807) is 68.6 Å². The Hall–Kier alpha value is -12.2. The molecule has 15 amide bonds. The second kappa shape index (κ2) is 51.0. The Morgan fingerprint density at radius 3 is 1.64 bits per heavy atom. The van der Waals surface area contributed by atoms with Gasteiger partial charge in [0.2, 0.25) is 88.6 Å². The highest BCUT2D eigenvalue weighted by molar-refractivity contribution is 9.10. The molecule has 45 heteroatoms. The van der Waals surface area contributed by atoms with Crippen LogP contribution in [0, 0.1) is 34.0 Å². The van der Waals surface area contributed by atoms with E-state index < -0.39 is 191 Å². The number of benzene rings is 2. The van der Waals surface area contributed by atoms with Crippen molar-refractivity contribution in [3.05, 3.63) is 105 Å². The third-order valence-corrected chi connectivity index (χ3v) is 26.2. The van der Waals surface area contributed by atoms with E-state index in [1.165, 1.54) is 61.2 Å². The fourth-order valence-corrected chi connectivity index (χ4v) is 18.2. The zero-order valence-electron chi connectivity index (χ0n) is 77.2. The number of halogens is 2. The highest BCUT2D eigenvalue weighted by atomic mass is 79.9. The van der Waals surface area contributed by atoms with Gasteiger partial charge in [-0.2, -0.15) is 0 Å². The van der Waals surface area contributed by atoms with Gasteiger partial charge < -0.3 is 121 Å². The maximum absolute atomic E-state index is 15.2. The number of carboxylic acid groups (broad SMARTS) is 1. The van der Waals surface area contributed by atoms with Crippen molar-refractivity contribution in [3.63, 3.8) is 0 Å². The van der Waals surface area contributed by atoms with Gasteiger partial charge in [-0.3, -0.25) is 82.7 Å². The van der Waals surface area contributed by atoms with E-state index in [9.17, 15) is 62.6 Å². The van der Waals surface area contributed by atoms with Crippen LogP contribution in [0.15, 0.2) is 82.5 Å². The number of carboxylic acids is 1. The van der Waals surface area contributed by atoms with Crippen LogP contribution in [-0.4, -0.2) is 277 Å². The highest BCUT2D eigenvalue weighted by Gasteiger charge is 2.50. The van der Waals surface area contributed by atoms with Crippen molar-refractivity contribution < 1.29 is 81.8 Å². The third-order valence-electron chi connectivity index (χ3n) is 25.2.